The molecule has 4 rings (SSSR count). The molecule has 0 spiro atoms. The van der Waals surface area contributed by atoms with Crippen LogP contribution in [0.15, 0.2) is 30.3 Å². The number of esters is 1. The SMILES string of the molecule is CCCCC1CCC2CC(c3ccc4cc(C(=O)OC)cc(F)c4c3)CCC2C1. The van der Waals surface area contributed by atoms with E-state index in [1.165, 1.54) is 76.5 Å². The Bertz CT molecular complexity index is 874. The monoisotopic (exact) mass is 396 g/mol. The first-order chi connectivity index (χ1) is 14.1. The summed E-state index contributed by atoms with van der Waals surface area (Å²) in [5, 5.41) is 1.37. The first-order valence-electron chi connectivity index (χ1n) is 11.4. The summed E-state index contributed by atoms with van der Waals surface area (Å²) in [5.74, 6) is 2.40. The first-order valence-corrected chi connectivity index (χ1v) is 11.4. The lowest BCUT2D eigenvalue weighted by Crippen LogP contribution is -2.30. The quantitative estimate of drug-likeness (QED) is 0.497. The highest BCUT2D eigenvalue weighted by atomic mass is 19.1. The highest BCUT2D eigenvalue weighted by molar-refractivity contribution is 5.95. The van der Waals surface area contributed by atoms with E-state index >= 15 is 0 Å². The molecular formula is C26H33FO2. The maximum atomic E-state index is 14.7. The number of methoxy groups -OCH3 is 1. The van der Waals surface area contributed by atoms with Gasteiger partial charge in [-0.3, -0.25) is 0 Å². The number of hydrogen-bond acceptors (Lipinski definition) is 2. The minimum Gasteiger partial charge on any atom is -0.465 e. The summed E-state index contributed by atoms with van der Waals surface area (Å²) in [5.41, 5.74) is 1.53. The summed E-state index contributed by atoms with van der Waals surface area (Å²) in [6, 6.07) is 9.15. The Morgan fingerprint density at radius 1 is 1.07 bits per heavy atom. The molecule has 0 heterocycles. The van der Waals surface area contributed by atoms with Crippen LogP contribution < -0.4 is 0 Å². The van der Waals surface area contributed by atoms with Crippen molar-refractivity contribution in [2.24, 2.45) is 17.8 Å². The van der Waals surface area contributed by atoms with E-state index in [0.717, 1.165) is 23.1 Å². The number of carbonyl (C=O) groups is 1. The van der Waals surface area contributed by atoms with Crippen LogP contribution in [0.3, 0.4) is 0 Å². The molecule has 0 radical (unpaired) electrons. The van der Waals surface area contributed by atoms with Gasteiger partial charge in [-0.25, -0.2) is 9.18 Å². The van der Waals surface area contributed by atoms with Crippen molar-refractivity contribution in [2.45, 2.75) is 70.6 Å². The lowest BCUT2D eigenvalue weighted by atomic mass is 9.63. The molecule has 4 atom stereocenters. The number of rotatable bonds is 5. The molecule has 2 aromatic rings. The van der Waals surface area contributed by atoms with Crippen LogP contribution in [-0.4, -0.2) is 13.1 Å². The Morgan fingerprint density at radius 2 is 1.86 bits per heavy atom. The van der Waals surface area contributed by atoms with Crippen molar-refractivity contribution in [3.63, 3.8) is 0 Å². The van der Waals surface area contributed by atoms with Crippen molar-refractivity contribution >= 4 is 16.7 Å². The molecule has 0 bridgehead atoms. The van der Waals surface area contributed by atoms with Crippen molar-refractivity contribution in [2.75, 3.05) is 7.11 Å². The molecular weight excluding hydrogens is 363 g/mol. The summed E-state index contributed by atoms with van der Waals surface area (Å²) < 4.78 is 19.4. The molecule has 0 saturated heterocycles. The molecule has 156 valence electrons. The van der Waals surface area contributed by atoms with Gasteiger partial charge in [0.15, 0.2) is 0 Å². The van der Waals surface area contributed by atoms with E-state index in [1.54, 1.807) is 6.07 Å². The van der Waals surface area contributed by atoms with E-state index in [2.05, 4.69) is 13.0 Å². The molecule has 2 fully saturated rings. The number of benzene rings is 2. The molecule has 3 heteroatoms. The highest BCUT2D eigenvalue weighted by Gasteiger charge is 2.35. The van der Waals surface area contributed by atoms with Gasteiger partial charge in [0.25, 0.3) is 0 Å². The number of unbranched alkanes of at least 4 members (excludes halogenated alkanes) is 1. The van der Waals surface area contributed by atoms with Crippen molar-refractivity contribution in [1.29, 1.82) is 0 Å². The van der Waals surface area contributed by atoms with Crippen molar-refractivity contribution in [3.8, 4) is 0 Å². The fourth-order valence-corrected chi connectivity index (χ4v) is 5.86. The second kappa shape index (κ2) is 8.85. The summed E-state index contributed by atoms with van der Waals surface area (Å²) in [6.45, 7) is 2.29. The zero-order valence-corrected chi connectivity index (χ0v) is 17.8. The molecule has 2 nitrogen and oxygen atoms in total. The topological polar surface area (TPSA) is 26.3 Å². The fraction of sp³-hybridized carbons (Fsp3) is 0.577. The Balaban J connectivity index is 1.48. The molecule has 0 N–H and O–H groups in total. The van der Waals surface area contributed by atoms with Gasteiger partial charge in [-0.05, 0) is 84.9 Å². The van der Waals surface area contributed by atoms with Gasteiger partial charge in [0.1, 0.15) is 5.82 Å². The van der Waals surface area contributed by atoms with Crippen LogP contribution in [0, 0.1) is 23.6 Å². The van der Waals surface area contributed by atoms with Gasteiger partial charge in [-0.1, -0.05) is 44.7 Å². The predicted molar refractivity (Wildman–Crippen MR) is 116 cm³/mol. The maximum absolute atomic E-state index is 14.7. The van der Waals surface area contributed by atoms with Crippen LogP contribution >= 0.6 is 0 Å². The molecule has 29 heavy (non-hydrogen) atoms. The van der Waals surface area contributed by atoms with Crippen LogP contribution in [0.1, 0.15) is 86.6 Å². The van der Waals surface area contributed by atoms with Crippen LogP contribution in [0.2, 0.25) is 0 Å². The minimum atomic E-state index is -0.497. The van der Waals surface area contributed by atoms with E-state index in [4.69, 9.17) is 4.74 Å². The molecule has 0 amide bonds. The zero-order valence-electron chi connectivity index (χ0n) is 17.8. The van der Waals surface area contributed by atoms with Gasteiger partial charge in [-0.2, -0.15) is 0 Å². The first kappa shape index (κ1) is 20.4. The van der Waals surface area contributed by atoms with Gasteiger partial charge >= 0.3 is 5.97 Å². The lowest BCUT2D eigenvalue weighted by Gasteiger charge is -2.42. The Hall–Kier alpha value is -1.90. The normalized spacial score (nSPS) is 26.9. The van der Waals surface area contributed by atoms with Crippen LogP contribution in [0.25, 0.3) is 10.8 Å². The molecule has 0 aromatic heterocycles. The van der Waals surface area contributed by atoms with Crippen molar-refractivity contribution < 1.29 is 13.9 Å². The number of halogens is 1. The van der Waals surface area contributed by atoms with Gasteiger partial charge < -0.3 is 4.74 Å². The molecule has 2 aromatic carbocycles. The van der Waals surface area contributed by atoms with E-state index in [1.807, 2.05) is 12.1 Å². The van der Waals surface area contributed by atoms with E-state index in [0.29, 0.717) is 11.3 Å². The Labute approximate surface area is 173 Å². The number of carbonyl (C=O) groups excluding carboxylic acids is 1. The fourth-order valence-electron chi connectivity index (χ4n) is 5.86. The smallest absolute Gasteiger partial charge is 0.337 e. The minimum absolute atomic E-state index is 0.269. The average molecular weight is 397 g/mol. The summed E-state index contributed by atoms with van der Waals surface area (Å²) in [7, 11) is 1.32. The van der Waals surface area contributed by atoms with Gasteiger partial charge in [0.2, 0.25) is 0 Å². The van der Waals surface area contributed by atoms with Crippen molar-refractivity contribution in [3.05, 3.63) is 47.3 Å². The van der Waals surface area contributed by atoms with E-state index in [-0.39, 0.29) is 11.4 Å². The number of ether oxygens (including phenoxy) is 1. The third-order valence-corrected chi connectivity index (χ3v) is 7.51. The molecule has 0 aliphatic heterocycles. The van der Waals surface area contributed by atoms with E-state index in [9.17, 15) is 9.18 Å². The standard InChI is InChI=1S/C26H33FO2/c1-3-4-5-17-6-7-19-13-20(9-8-18(19)12-17)21-10-11-22-14-23(26(28)29-2)16-25(27)24(22)15-21/h10-11,14-20H,3-9,12-13H2,1-2H3. The van der Waals surface area contributed by atoms with Crippen molar-refractivity contribution in [1.82, 2.24) is 0 Å². The third-order valence-electron chi connectivity index (χ3n) is 7.51. The Morgan fingerprint density at radius 3 is 2.66 bits per heavy atom. The van der Waals surface area contributed by atoms with Gasteiger partial charge in [0, 0.05) is 5.39 Å². The predicted octanol–water partition coefficient (Wildman–Crippen LogP) is 7.26. The summed E-state index contributed by atoms with van der Waals surface area (Å²) in [6.07, 6.45) is 12.1. The largest absolute Gasteiger partial charge is 0.465 e. The van der Waals surface area contributed by atoms with Gasteiger partial charge in [-0.15, -0.1) is 0 Å². The van der Waals surface area contributed by atoms with Gasteiger partial charge in [0.05, 0.1) is 12.7 Å². The molecule has 2 aliphatic rings. The Kier molecular flexibility index (Phi) is 6.22. The van der Waals surface area contributed by atoms with Crippen LogP contribution in [0.4, 0.5) is 4.39 Å². The highest BCUT2D eigenvalue weighted by Crippen LogP contribution is 2.48. The average Bonchev–Trinajstić information content (AvgIpc) is 2.76. The summed E-state index contributed by atoms with van der Waals surface area (Å²) in [4.78, 5) is 11.7. The molecule has 4 unspecified atom stereocenters. The molecule has 2 saturated carbocycles. The number of fused-ring (bicyclic) bond motifs is 2. The second-order valence-electron chi connectivity index (χ2n) is 9.28. The summed E-state index contributed by atoms with van der Waals surface area (Å²) >= 11 is 0. The number of hydrogen-bond donors (Lipinski definition) is 0. The van der Waals surface area contributed by atoms with E-state index < -0.39 is 5.97 Å². The second-order valence-corrected chi connectivity index (χ2v) is 9.28. The maximum Gasteiger partial charge on any atom is 0.337 e. The third kappa shape index (κ3) is 4.34. The van der Waals surface area contributed by atoms with Crippen LogP contribution in [0.5, 0.6) is 0 Å². The lowest BCUT2D eigenvalue weighted by molar-refractivity contribution is 0.0600. The molecule has 2 aliphatic carbocycles. The zero-order chi connectivity index (χ0) is 20.4. The van der Waals surface area contributed by atoms with Crippen LogP contribution in [-0.2, 0) is 4.74 Å².